The average molecular weight is 301 g/mol. The van der Waals surface area contributed by atoms with Crippen molar-refractivity contribution in [3.63, 3.8) is 0 Å². The predicted octanol–water partition coefficient (Wildman–Crippen LogP) is 2.43. The molecule has 10 heteroatoms. The minimum Gasteiger partial charge on any atom is -0.478 e. The van der Waals surface area contributed by atoms with Crippen LogP contribution in [0.2, 0.25) is 0 Å². The van der Waals surface area contributed by atoms with Crippen molar-refractivity contribution in [1.82, 2.24) is 9.36 Å². The summed E-state index contributed by atoms with van der Waals surface area (Å²) < 4.78 is 17.6. The first kappa shape index (κ1) is 13.4. The fourth-order valence-electron chi connectivity index (χ4n) is 1.23. The van der Waals surface area contributed by atoms with Crippen LogP contribution in [0.1, 0.15) is 10.4 Å². The topological polar surface area (TPSA) is 106 Å². The van der Waals surface area contributed by atoms with E-state index in [1.807, 2.05) is 0 Å². The Hall–Kier alpha value is -2.07. The van der Waals surface area contributed by atoms with E-state index in [1.165, 1.54) is 6.33 Å². The molecule has 0 amide bonds. The van der Waals surface area contributed by atoms with Gasteiger partial charge in [-0.1, -0.05) is 11.8 Å². The van der Waals surface area contributed by atoms with E-state index < -0.39 is 28.0 Å². The van der Waals surface area contributed by atoms with Gasteiger partial charge in [-0.25, -0.2) is 14.2 Å². The van der Waals surface area contributed by atoms with E-state index in [0.717, 1.165) is 29.4 Å². The van der Waals surface area contributed by atoms with Gasteiger partial charge >= 0.3 is 5.97 Å². The van der Waals surface area contributed by atoms with Crippen molar-refractivity contribution in [1.29, 1.82) is 0 Å². The van der Waals surface area contributed by atoms with E-state index in [4.69, 9.17) is 5.11 Å². The van der Waals surface area contributed by atoms with Crippen LogP contribution in [0.5, 0.6) is 0 Å². The van der Waals surface area contributed by atoms with Crippen LogP contribution in [-0.4, -0.2) is 25.4 Å². The smallest absolute Gasteiger partial charge is 0.338 e. The Balaban J connectivity index is 2.50. The largest absolute Gasteiger partial charge is 0.478 e. The lowest BCUT2D eigenvalue weighted by molar-refractivity contribution is -0.387. The Morgan fingerprint density at radius 3 is 2.79 bits per heavy atom. The number of benzene rings is 1. The molecule has 0 unspecified atom stereocenters. The second-order valence-corrected chi connectivity index (χ2v) is 5.24. The van der Waals surface area contributed by atoms with E-state index in [9.17, 15) is 19.3 Å². The zero-order valence-electron chi connectivity index (χ0n) is 8.94. The van der Waals surface area contributed by atoms with Gasteiger partial charge in [0.25, 0.3) is 5.69 Å². The number of nitrogens with zero attached hydrogens (tertiary/aromatic N) is 3. The van der Waals surface area contributed by atoms with E-state index in [2.05, 4.69) is 9.36 Å². The van der Waals surface area contributed by atoms with Gasteiger partial charge in [0.1, 0.15) is 17.7 Å². The van der Waals surface area contributed by atoms with Gasteiger partial charge in [-0.2, -0.15) is 4.37 Å². The Morgan fingerprint density at radius 2 is 2.26 bits per heavy atom. The molecule has 0 aliphatic carbocycles. The molecule has 19 heavy (non-hydrogen) atoms. The van der Waals surface area contributed by atoms with E-state index in [-0.39, 0.29) is 4.90 Å². The van der Waals surface area contributed by atoms with Crippen molar-refractivity contribution in [2.75, 3.05) is 0 Å². The zero-order chi connectivity index (χ0) is 14.0. The molecule has 0 aliphatic heterocycles. The third kappa shape index (κ3) is 2.85. The molecule has 2 rings (SSSR count). The maximum atomic E-state index is 13.5. The van der Waals surface area contributed by atoms with Crippen LogP contribution in [0.4, 0.5) is 10.1 Å². The number of carboxylic acid groups (broad SMARTS) is 1. The van der Waals surface area contributed by atoms with Crippen LogP contribution in [0.25, 0.3) is 0 Å². The standard InChI is InChI=1S/C9H4FN3O4S2/c10-5-2-7(18-9-11-3-12-19-9)6(13(16)17)1-4(5)8(14)15/h1-3H,(H,14,15). The summed E-state index contributed by atoms with van der Waals surface area (Å²) in [6, 6.07) is 1.51. The van der Waals surface area contributed by atoms with Gasteiger partial charge in [-0.15, -0.1) is 0 Å². The molecule has 1 N–H and O–H groups in total. The summed E-state index contributed by atoms with van der Waals surface area (Å²) in [7, 11) is 0. The third-order valence-electron chi connectivity index (χ3n) is 2.01. The molecule has 0 radical (unpaired) electrons. The van der Waals surface area contributed by atoms with Gasteiger partial charge in [-0.05, 0) is 17.6 Å². The van der Waals surface area contributed by atoms with Crippen LogP contribution < -0.4 is 0 Å². The van der Waals surface area contributed by atoms with E-state index >= 15 is 0 Å². The number of nitro groups is 1. The first-order valence-electron chi connectivity index (χ1n) is 4.65. The summed E-state index contributed by atoms with van der Waals surface area (Å²) in [5.74, 6) is -2.60. The number of rotatable bonds is 4. The van der Waals surface area contributed by atoms with Crippen molar-refractivity contribution in [3.8, 4) is 0 Å². The monoisotopic (exact) mass is 301 g/mol. The fraction of sp³-hybridized carbons (Fsp3) is 0. The molecule has 2 aromatic rings. The first-order valence-corrected chi connectivity index (χ1v) is 6.24. The number of carbonyl (C=O) groups is 1. The van der Waals surface area contributed by atoms with Gasteiger partial charge in [0.2, 0.25) is 0 Å². The third-order valence-corrected chi connectivity index (χ3v) is 3.78. The highest BCUT2D eigenvalue weighted by molar-refractivity contribution is 8.01. The predicted molar refractivity (Wildman–Crippen MR) is 64.0 cm³/mol. The van der Waals surface area contributed by atoms with Crippen molar-refractivity contribution in [2.24, 2.45) is 0 Å². The molecule has 98 valence electrons. The first-order chi connectivity index (χ1) is 8.99. The molecular weight excluding hydrogens is 297 g/mol. The summed E-state index contributed by atoms with van der Waals surface area (Å²) in [6.07, 6.45) is 1.26. The molecule has 0 spiro atoms. The fourth-order valence-corrected chi connectivity index (χ4v) is 2.75. The molecule has 0 saturated carbocycles. The molecule has 0 atom stereocenters. The lowest BCUT2D eigenvalue weighted by Gasteiger charge is -2.03. The maximum absolute atomic E-state index is 13.5. The maximum Gasteiger partial charge on any atom is 0.338 e. The van der Waals surface area contributed by atoms with Crippen molar-refractivity contribution in [3.05, 3.63) is 40.0 Å². The van der Waals surface area contributed by atoms with Crippen LogP contribution in [0, 0.1) is 15.9 Å². The Morgan fingerprint density at radius 1 is 1.53 bits per heavy atom. The molecule has 7 nitrogen and oxygen atoms in total. The second kappa shape index (κ2) is 5.28. The second-order valence-electron chi connectivity index (χ2n) is 3.17. The lowest BCUT2D eigenvalue weighted by Crippen LogP contribution is -2.03. The van der Waals surface area contributed by atoms with Crippen LogP contribution >= 0.6 is 23.3 Å². The minimum absolute atomic E-state index is 0.0238. The minimum atomic E-state index is -1.56. The van der Waals surface area contributed by atoms with Gasteiger partial charge in [0, 0.05) is 6.07 Å². The van der Waals surface area contributed by atoms with Crippen LogP contribution in [-0.2, 0) is 0 Å². The summed E-state index contributed by atoms with van der Waals surface area (Å²) >= 11 is 1.85. The quantitative estimate of drug-likeness (QED) is 0.682. The zero-order valence-corrected chi connectivity index (χ0v) is 10.6. The van der Waals surface area contributed by atoms with Gasteiger partial charge in [0.15, 0.2) is 4.34 Å². The number of aromatic nitrogens is 2. The van der Waals surface area contributed by atoms with E-state index in [1.54, 1.807) is 0 Å². The average Bonchev–Trinajstić information content (AvgIpc) is 2.81. The lowest BCUT2D eigenvalue weighted by atomic mass is 10.2. The summed E-state index contributed by atoms with van der Waals surface area (Å²) in [5.41, 5.74) is -1.23. The molecular formula is C9H4FN3O4S2. The Labute approximate surface area is 113 Å². The Bertz CT molecular complexity index is 647. The van der Waals surface area contributed by atoms with Crippen molar-refractivity contribution < 1.29 is 19.2 Å². The number of aromatic carboxylic acids is 1. The SMILES string of the molecule is O=C(O)c1cc([N+](=O)[O-])c(Sc2ncns2)cc1F. The number of hydrogen-bond donors (Lipinski definition) is 1. The molecule has 0 aliphatic rings. The molecule has 0 fully saturated rings. The summed E-state index contributed by atoms with van der Waals surface area (Å²) in [6.45, 7) is 0. The van der Waals surface area contributed by atoms with Gasteiger partial charge in [-0.3, -0.25) is 10.1 Å². The molecule has 1 aromatic carbocycles. The van der Waals surface area contributed by atoms with Crippen molar-refractivity contribution >= 4 is 35.0 Å². The molecule has 0 saturated heterocycles. The van der Waals surface area contributed by atoms with Gasteiger partial charge < -0.3 is 5.11 Å². The van der Waals surface area contributed by atoms with Gasteiger partial charge in [0.05, 0.1) is 9.82 Å². The van der Waals surface area contributed by atoms with E-state index in [0.29, 0.717) is 10.4 Å². The number of halogens is 1. The number of hydrogen-bond acceptors (Lipinski definition) is 7. The van der Waals surface area contributed by atoms with Crippen LogP contribution in [0.15, 0.2) is 27.7 Å². The summed E-state index contributed by atoms with van der Waals surface area (Å²) in [4.78, 5) is 24.6. The molecule has 1 aromatic heterocycles. The van der Waals surface area contributed by atoms with Crippen LogP contribution in [0.3, 0.4) is 0 Å². The van der Waals surface area contributed by atoms with Crippen molar-refractivity contribution in [2.45, 2.75) is 9.24 Å². The highest BCUT2D eigenvalue weighted by atomic mass is 32.2. The highest BCUT2D eigenvalue weighted by Crippen LogP contribution is 2.36. The normalized spacial score (nSPS) is 10.4. The summed E-state index contributed by atoms with van der Waals surface area (Å²) in [5, 5.41) is 19.6. The molecule has 1 heterocycles. The Kier molecular flexibility index (Phi) is 3.71. The molecule has 0 bridgehead atoms. The highest BCUT2D eigenvalue weighted by Gasteiger charge is 2.23. The number of carboxylic acids is 1. The number of nitro benzene ring substituents is 1.